The Hall–Kier alpha value is -0.930. The standard InChI is InChI=1S/C9H7Cl/c1-2-4-8-5-3-6-9(10)7-8/h1,3,5-7H,4H2. The quantitative estimate of drug-likeness (QED) is 0.540. The maximum absolute atomic E-state index is 5.71. The van der Waals surface area contributed by atoms with Crippen molar-refractivity contribution in [2.45, 2.75) is 6.42 Å². The molecule has 0 aliphatic heterocycles. The monoisotopic (exact) mass is 150 g/mol. The highest BCUT2D eigenvalue weighted by atomic mass is 35.5. The van der Waals surface area contributed by atoms with Crippen molar-refractivity contribution in [3.8, 4) is 12.3 Å². The van der Waals surface area contributed by atoms with Crippen molar-refractivity contribution >= 4 is 11.6 Å². The van der Waals surface area contributed by atoms with Crippen molar-refractivity contribution in [3.63, 3.8) is 0 Å². The summed E-state index contributed by atoms with van der Waals surface area (Å²) in [5.74, 6) is 2.55. The zero-order chi connectivity index (χ0) is 7.40. The van der Waals surface area contributed by atoms with Gasteiger partial charge in [0.05, 0.1) is 0 Å². The fourth-order valence-corrected chi connectivity index (χ4v) is 0.978. The van der Waals surface area contributed by atoms with E-state index in [1.54, 1.807) is 0 Å². The Balaban J connectivity index is 2.87. The lowest BCUT2D eigenvalue weighted by Gasteiger charge is -1.93. The number of benzene rings is 1. The van der Waals surface area contributed by atoms with Crippen LogP contribution in [0, 0.1) is 12.3 Å². The van der Waals surface area contributed by atoms with E-state index in [2.05, 4.69) is 5.92 Å². The summed E-state index contributed by atoms with van der Waals surface area (Å²) in [7, 11) is 0. The number of rotatable bonds is 1. The number of terminal acetylenes is 1. The first-order valence-corrected chi connectivity index (χ1v) is 3.38. The zero-order valence-electron chi connectivity index (χ0n) is 5.47. The number of halogens is 1. The van der Waals surface area contributed by atoms with Gasteiger partial charge >= 0.3 is 0 Å². The molecule has 0 spiro atoms. The summed E-state index contributed by atoms with van der Waals surface area (Å²) >= 11 is 5.71. The van der Waals surface area contributed by atoms with Crippen molar-refractivity contribution in [2.24, 2.45) is 0 Å². The Bertz CT molecular complexity index is 258. The molecule has 0 amide bonds. The highest BCUT2D eigenvalue weighted by Gasteiger charge is 1.89. The molecule has 0 saturated carbocycles. The first-order valence-electron chi connectivity index (χ1n) is 3.01. The summed E-state index contributed by atoms with van der Waals surface area (Å²) in [6.07, 6.45) is 5.77. The van der Waals surface area contributed by atoms with E-state index in [9.17, 15) is 0 Å². The topological polar surface area (TPSA) is 0 Å². The van der Waals surface area contributed by atoms with E-state index < -0.39 is 0 Å². The van der Waals surface area contributed by atoms with Crippen LogP contribution in [0.4, 0.5) is 0 Å². The summed E-state index contributed by atoms with van der Waals surface area (Å²) in [5, 5.41) is 0.743. The Kier molecular flexibility index (Phi) is 2.36. The van der Waals surface area contributed by atoms with Gasteiger partial charge in [-0.2, -0.15) is 0 Å². The van der Waals surface area contributed by atoms with Crippen molar-refractivity contribution < 1.29 is 0 Å². The average molecular weight is 151 g/mol. The largest absolute Gasteiger partial charge is 0.120 e. The molecule has 0 bridgehead atoms. The molecule has 1 aromatic carbocycles. The van der Waals surface area contributed by atoms with E-state index in [1.807, 2.05) is 24.3 Å². The summed E-state index contributed by atoms with van der Waals surface area (Å²) in [6, 6.07) is 7.57. The van der Waals surface area contributed by atoms with E-state index >= 15 is 0 Å². The molecule has 0 aliphatic rings. The van der Waals surface area contributed by atoms with E-state index in [-0.39, 0.29) is 0 Å². The Labute approximate surface area is 65.8 Å². The Morgan fingerprint density at radius 3 is 2.90 bits per heavy atom. The molecule has 1 aromatic rings. The molecule has 0 fully saturated rings. The van der Waals surface area contributed by atoms with Crippen LogP contribution in [-0.2, 0) is 6.42 Å². The highest BCUT2D eigenvalue weighted by Crippen LogP contribution is 2.10. The van der Waals surface area contributed by atoms with Crippen LogP contribution < -0.4 is 0 Å². The molecule has 0 unspecified atom stereocenters. The lowest BCUT2D eigenvalue weighted by atomic mass is 10.2. The van der Waals surface area contributed by atoms with Crippen molar-refractivity contribution in [2.75, 3.05) is 0 Å². The smallest absolute Gasteiger partial charge is 0.0409 e. The second-order valence-corrected chi connectivity index (χ2v) is 2.45. The van der Waals surface area contributed by atoms with Gasteiger partial charge in [-0.1, -0.05) is 23.7 Å². The first-order chi connectivity index (χ1) is 4.83. The maximum Gasteiger partial charge on any atom is 0.0409 e. The summed E-state index contributed by atoms with van der Waals surface area (Å²) in [6.45, 7) is 0. The predicted octanol–water partition coefficient (Wildman–Crippen LogP) is 2.52. The van der Waals surface area contributed by atoms with E-state index in [1.165, 1.54) is 0 Å². The third kappa shape index (κ3) is 1.79. The number of hydrogen-bond donors (Lipinski definition) is 0. The SMILES string of the molecule is C#CCc1cccc(Cl)c1. The van der Waals surface area contributed by atoms with Gasteiger partial charge < -0.3 is 0 Å². The van der Waals surface area contributed by atoms with Crippen LogP contribution in [0.3, 0.4) is 0 Å². The van der Waals surface area contributed by atoms with Gasteiger partial charge in [0, 0.05) is 11.4 Å². The van der Waals surface area contributed by atoms with Crippen LogP contribution in [0.2, 0.25) is 5.02 Å². The normalized spacial score (nSPS) is 8.80. The van der Waals surface area contributed by atoms with Gasteiger partial charge in [-0.15, -0.1) is 12.3 Å². The molecule has 0 heterocycles. The minimum Gasteiger partial charge on any atom is -0.120 e. The van der Waals surface area contributed by atoms with E-state index in [0.29, 0.717) is 6.42 Å². The van der Waals surface area contributed by atoms with Gasteiger partial charge in [0.15, 0.2) is 0 Å². The molecule has 0 atom stereocenters. The van der Waals surface area contributed by atoms with Gasteiger partial charge in [0.1, 0.15) is 0 Å². The molecule has 1 rings (SSSR count). The minimum atomic E-state index is 0.653. The molecule has 0 N–H and O–H groups in total. The van der Waals surface area contributed by atoms with Crippen molar-refractivity contribution in [3.05, 3.63) is 34.9 Å². The van der Waals surface area contributed by atoms with Gasteiger partial charge in [0.2, 0.25) is 0 Å². The van der Waals surface area contributed by atoms with Gasteiger partial charge in [-0.3, -0.25) is 0 Å². The minimum absolute atomic E-state index is 0.653. The molecule has 0 saturated heterocycles. The van der Waals surface area contributed by atoms with Crippen molar-refractivity contribution in [1.82, 2.24) is 0 Å². The molecule has 1 heteroatoms. The molecular weight excluding hydrogens is 144 g/mol. The number of hydrogen-bond acceptors (Lipinski definition) is 0. The fourth-order valence-electron chi connectivity index (χ4n) is 0.765. The average Bonchev–Trinajstić information content (AvgIpc) is 1.88. The molecule has 0 aromatic heterocycles. The molecule has 0 radical (unpaired) electrons. The fraction of sp³-hybridized carbons (Fsp3) is 0.111. The predicted molar refractivity (Wildman–Crippen MR) is 44.0 cm³/mol. The Morgan fingerprint density at radius 1 is 1.50 bits per heavy atom. The van der Waals surface area contributed by atoms with Crippen LogP contribution in [0.15, 0.2) is 24.3 Å². The second kappa shape index (κ2) is 3.29. The molecule has 10 heavy (non-hydrogen) atoms. The molecule has 0 aliphatic carbocycles. The van der Waals surface area contributed by atoms with Crippen LogP contribution in [0.5, 0.6) is 0 Å². The first kappa shape index (κ1) is 7.18. The van der Waals surface area contributed by atoms with Crippen LogP contribution in [0.1, 0.15) is 5.56 Å². The lowest BCUT2D eigenvalue weighted by Crippen LogP contribution is -1.78. The van der Waals surface area contributed by atoms with Crippen molar-refractivity contribution in [1.29, 1.82) is 0 Å². The lowest BCUT2D eigenvalue weighted by molar-refractivity contribution is 1.32. The van der Waals surface area contributed by atoms with Gasteiger partial charge in [0.25, 0.3) is 0 Å². The van der Waals surface area contributed by atoms with Crippen LogP contribution >= 0.6 is 11.6 Å². The molecular formula is C9H7Cl. The molecule has 50 valence electrons. The van der Waals surface area contributed by atoms with E-state index in [4.69, 9.17) is 18.0 Å². The summed E-state index contributed by atoms with van der Waals surface area (Å²) in [5.41, 5.74) is 1.09. The second-order valence-electron chi connectivity index (χ2n) is 2.01. The van der Waals surface area contributed by atoms with Gasteiger partial charge in [-0.25, -0.2) is 0 Å². The highest BCUT2D eigenvalue weighted by molar-refractivity contribution is 6.30. The summed E-state index contributed by atoms with van der Waals surface area (Å²) < 4.78 is 0. The van der Waals surface area contributed by atoms with Crippen LogP contribution in [-0.4, -0.2) is 0 Å². The van der Waals surface area contributed by atoms with E-state index in [0.717, 1.165) is 10.6 Å². The van der Waals surface area contributed by atoms with Crippen LogP contribution in [0.25, 0.3) is 0 Å². The zero-order valence-corrected chi connectivity index (χ0v) is 6.23. The molecule has 0 nitrogen and oxygen atoms in total. The summed E-state index contributed by atoms with van der Waals surface area (Å²) in [4.78, 5) is 0. The van der Waals surface area contributed by atoms with Gasteiger partial charge in [-0.05, 0) is 17.7 Å². The Morgan fingerprint density at radius 2 is 2.30 bits per heavy atom. The third-order valence-corrected chi connectivity index (χ3v) is 1.43. The third-order valence-electron chi connectivity index (χ3n) is 1.20. The maximum atomic E-state index is 5.71.